The van der Waals surface area contributed by atoms with E-state index in [-0.39, 0.29) is 72.0 Å². The van der Waals surface area contributed by atoms with E-state index in [1.165, 1.54) is 57.5 Å². The maximum atomic E-state index is 13.3. The number of hydrogen-bond donors (Lipinski definition) is 6. The summed E-state index contributed by atoms with van der Waals surface area (Å²) in [4.78, 5) is 55.5. The third-order valence-corrected chi connectivity index (χ3v) is 8.40. The number of amidine groups is 1. The lowest BCUT2D eigenvalue weighted by Gasteiger charge is -2.23. The van der Waals surface area contributed by atoms with E-state index in [0.29, 0.717) is 30.5 Å². The van der Waals surface area contributed by atoms with Gasteiger partial charge in [0.25, 0.3) is 5.91 Å². The summed E-state index contributed by atoms with van der Waals surface area (Å²) < 4.78 is 4.32. The Labute approximate surface area is 321 Å². The average molecular weight is 796 g/mol. The Morgan fingerprint density at radius 1 is 0.736 bits per heavy atom. The number of nitrogens with zero attached hydrogens (tertiary/aromatic N) is 7. The first kappa shape index (κ1) is 41.9. The van der Waals surface area contributed by atoms with Gasteiger partial charge < -0.3 is 45.0 Å². The summed E-state index contributed by atoms with van der Waals surface area (Å²) in [6, 6.07) is 11.3. The van der Waals surface area contributed by atoms with E-state index in [2.05, 4.69) is 5.32 Å². The molecule has 3 heterocycles. The predicted molar refractivity (Wildman–Crippen MR) is 208 cm³/mol. The topological polar surface area (TPSA) is 219 Å². The monoisotopic (exact) mass is 794 g/mol. The van der Waals surface area contributed by atoms with Crippen LogP contribution in [0.15, 0.2) is 61.1 Å². The van der Waals surface area contributed by atoms with Gasteiger partial charge in [0.15, 0.2) is 0 Å². The van der Waals surface area contributed by atoms with Gasteiger partial charge in [0.1, 0.15) is 17.5 Å². The van der Waals surface area contributed by atoms with Crippen LogP contribution >= 0.6 is 35.6 Å². The molecule has 20 heteroatoms. The van der Waals surface area contributed by atoms with E-state index in [4.69, 9.17) is 34.3 Å². The number of aromatic nitrogens is 3. The second kappa shape index (κ2) is 18.3. The molecule has 0 aliphatic heterocycles. The van der Waals surface area contributed by atoms with Gasteiger partial charge in [-0.05, 0) is 36.8 Å². The Bertz CT molecular complexity index is 1940. The zero-order valence-electron chi connectivity index (χ0n) is 29.1. The Kier molecular flexibility index (Phi) is 14.5. The minimum absolute atomic E-state index is 0. The minimum atomic E-state index is -1.41. The van der Waals surface area contributed by atoms with Crippen molar-refractivity contribution < 1.29 is 34.5 Å². The standard InChI is InChI=1S/C33H40Cl2N10O7.ClH/c1-39-18-21(30(46)38-22-6-8-23(9-7-22)42(13-10-34)14-11-35)15-28(39)44(32(49)50)25-17-29(41(3)20-25)45(33(51)52)24-16-27(40(2)19-24)43(31(47)48)12-4-5-26(36)37;/h6-9,15-20H,4-5,10-14H2,1-3H3,(H3,36,37)(H,38,46)(H,47,48)(H,49,50)(H,51,52);1H. The molecule has 0 saturated heterocycles. The molecule has 286 valence electrons. The molecule has 7 N–H and O–H groups in total. The van der Waals surface area contributed by atoms with Crippen LogP contribution < -0.4 is 30.7 Å². The summed E-state index contributed by atoms with van der Waals surface area (Å²) in [5, 5.41) is 40.7. The van der Waals surface area contributed by atoms with Crippen molar-refractivity contribution in [2.24, 2.45) is 26.9 Å². The van der Waals surface area contributed by atoms with Crippen molar-refractivity contribution >= 4 is 106 Å². The first-order chi connectivity index (χ1) is 24.7. The van der Waals surface area contributed by atoms with E-state index >= 15 is 0 Å². The number of nitrogens with two attached hydrogens (primary N) is 1. The van der Waals surface area contributed by atoms with Gasteiger partial charge in [-0.2, -0.15) is 0 Å². The molecule has 53 heavy (non-hydrogen) atoms. The average Bonchev–Trinajstić information content (AvgIpc) is 3.75. The molecule has 4 rings (SSSR count). The lowest BCUT2D eigenvalue weighted by Crippen LogP contribution is -2.32. The lowest BCUT2D eigenvalue weighted by atomic mass is 10.2. The fourth-order valence-electron chi connectivity index (χ4n) is 5.66. The summed E-state index contributed by atoms with van der Waals surface area (Å²) >= 11 is 11.8. The van der Waals surface area contributed by atoms with Gasteiger partial charge >= 0.3 is 18.3 Å². The molecule has 0 saturated carbocycles. The lowest BCUT2D eigenvalue weighted by molar-refractivity contribution is 0.102. The molecule has 0 bridgehead atoms. The molecule has 0 aliphatic rings. The zero-order valence-corrected chi connectivity index (χ0v) is 31.4. The minimum Gasteiger partial charge on any atom is -0.465 e. The maximum Gasteiger partial charge on any atom is 0.417 e. The van der Waals surface area contributed by atoms with Gasteiger partial charge in [0.2, 0.25) is 0 Å². The van der Waals surface area contributed by atoms with Gasteiger partial charge in [-0.1, -0.05) is 0 Å². The third-order valence-electron chi connectivity index (χ3n) is 8.06. The highest BCUT2D eigenvalue weighted by Gasteiger charge is 2.29. The molecule has 4 aromatic rings. The number of carbonyl (C=O) groups excluding carboxylic acids is 1. The van der Waals surface area contributed by atoms with Crippen LogP contribution in [0, 0.1) is 5.41 Å². The van der Waals surface area contributed by atoms with Crippen LogP contribution in [0.4, 0.5) is 54.6 Å². The van der Waals surface area contributed by atoms with Gasteiger partial charge in [-0.15, -0.1) is 35.6 Å². The molecule has 0 fully saturated rings. The van der Waals surface area contributed by atoms with Crippen molar-refractivity contribution in [2.45, 2.75) is 12.8 Å². The number of carboxylic acid groups (broad SMARTS) is 3. The van der Waals surface area contributed by atoms with Crippen LogP contribution in [0.5, 0.6) is 0 Å². The van der Waals surface area contributed by atoms with Gasteiger partial charge in [-0.3, -0.25) is 15.1 Å². The van der Waals surface area contributed by atoms with E-state index < -0.39 is 24.2 Å². The molecular weight excluding hydrogens is 755 g/mol. The quantitative estimate of drug-likeness (QED) is 0.0414. The molecule has 0 spiro atoms. The second-order valence-electron chi connectivity index (χ2n) is 11.7. The highest BCUT2D eigenvalue weighted by molar-refractivity contribution is 6.18. The first-order valence-corrected chi connectivity index (χ1v) is 16.9. The third kappa shape index (κ3) is 9.88. The molecule has 0 radical (unpaired) electrons. The first-order valence-electron chi connectivity index (χ1n) is 15.8. The van der Waals surface area contributed by atoms with E-state index in [0.717, 1.165) is 20.4 Å². The van der Waals surface area contributed by atoms with Crippen molar-refractivity contribution in [1.29, 1.82) is 5.41 Å². The molecule has 17 nitrogen and oxygen atoms in total. The van der Waals surface area contributed by atoms with Gasteiger partial charge in [0, 0.05) is 101 Å². The normalized spacial score (nSPS) is 10.7. The highest BCUT2D eigenvalue weighted by Crippen LogP contribution is 2.36. The van der Waals surface area contributed by atoms with Crippen molar-refractivity contribution in [3.8, 4) is 0 Å². The summed E-state index contributed by atoms with van der Waals surface area (Å²) in [5.74, 6) is 0.603. The van der Waals surface area contributed by atoms with Crippen LogP contribution in [0.2, 0.25) is 0 Å². The SMILES string of the molecule is Cl.Cn1cc(N(C(=O)O)c2cc(N(C(=O)O)c3cc(C(=O)Nc4ccc(N(CCCl)CCCl)cc4)cn3C)cn2C)cc1N(CCCC(=N)N)C(=O)O. The number of halogens is 3. The van der Waals surface area contributed by atoms with Crippen LogP contribution in [-0.4, -0.2) is 90.4 Å². The van der Waals surface area contributed by atoms with Gasteiger partial charge in [-0.25, -0.2) is 24.2 Å². The number of rotatable bonds is 16. The molecule has 3 aromatic heterocycles. The fraction of sp³-hybridized carbons (Fsp3) is 0.303. The molecule has 0 aliphatic carbocycles. The van der Waals surface area contributed by atoms with Crippen molar-refractivity contribution in [2.75, 3.05) is 56.3 Å². The number of carbonyl (C=O) groups is 4. The molecule has 4 amide bonds. The van der Waals surface area contributed by atoms with Crippen LogP contribution in [0.3, 0.4) is 0 Å². The Balaban J connectivity index is 0.00000756. The summed E-state index contributed by atoms with van der Waals surface area (Å²) in [7, 11) is 4.66. The number of aryl methyl sites for hydroxylation is 3. The summed E-state index contributed by atoms with van der Waals surface area (Å²) in [6.07, 6.45) is 0.681. The van der Waals surface area contributed by atoms with E-state index in [9.17, 15) is 34.5 Å². The largest absolute Gasteiger partial charge is 0.465 e. The number of benzene rings is 1. The van der Waals surface area contributed by atoms with Crippen molar-refractivity contribution in [3.05, 3.63) is 66.6 Å². The summed E-state index contributed by atoms with van der Waals surface area (Å²) in [5.41, 5.74) is 7.15. The van der Waals surface area contributed by atoms with Crippen LogP contribution in [0.1, 0.15) is 23.2 Å². The van der Waals surface area contributed by atoms with Crippen LogP contribution in [0.25, 0.3) is 0 Å². The van der Waals surface area contributed by atoms with Crippen molar-refractivity contribution in [3.63, 3.8) is 0 Å². The predicted octanol–water partition coefficient (Wildman–Crippen LogP) is 6.49. The van der Waals surface area contributed by atoms with E-state index in [1.54, 1.807) is 26.2 Å². The zero-order chi connectivity index (χ0) is 38.3. The Morgan fingerprint density at radius 3 is 1.72 bits per heavy atom. The van der Waals surface area contributed by atoms with Crippen LogP contribution in [-0.2, 0) is 21.1 Å². The Morgan fingerprint density at radius 2 is 1.23 bits per heavy atom. The smallest absolute Gasteiger partial charge is 0.417 e. The maximum absolute atomic E-state index is 13.3. The highest BCUT2D eigenvalue weighted by atomic mass is 35.5. The number of anilines is 7. The molecule has 1 aromatic carbocycles. The second-order valence-corrected chi connectivity index (χ2v) is 12.5. The number of nitrogens with one attached hydrogen (secondary N) is 2. The van der Waals surface area contributed by atoms with Crippen molar-refractivity contribution in [1.82, 2.24) is 13.7 Å². The number of hydrogen-bond acceptors (Lipinski definition) is 6. The molecule has 0 atom stereocenters. The Hall–Kier alpha value is -5.52. The molecular formula is C33H41Cl3N10O7. The fourth-order valence-corrected chi connectivity index (χ4v) is 6.06. The molecule has 0 unspecified atom stereocenters. The van der Waals surface area contributed by atoms with Gasteiger partial charge in [0.05, 0.1) is 22.8 Å². The number of alkyl halides is 2. The van der Waals surface area contributed by atoms with E-state index in [1.807, 2.05) is 17.0 Å². The summed E-state index contributed by atoms with van der Waals surface area (Å²) in [6.45, 7) is 1.21. The number of amides is 4.